The van der Waals surface area contributed by atoms with Crippen molar-refractivity contribution in [2.75, 3.05) is 13.1 Å². The van der Waals surface area contributed by atoms with Gasteiger partial charge in [-0.05, 0) is 63.1 Å². The van der Waals surface area contributed by atoms with E-state index in [0.717, 1.165) is 29.6 Å². The third-order valence-electron chi connectivity index (χ3n) is 5.21. The number of hydrogen-bond donors (Lipinski definition) is 1. The number of amides is 1. The molecular formula is C22H25N3O3. The number of ether oxygens (including phenoxy) is 1. The third-order valence-corrected chi connectivity index (χ3v) is 5.21. The minimum atomic E-state index is -0.0771. The maximum absolute atomic E-state index is 12.8. The molecule has 28 heavy (non-hydrogen) atoms. The van der Waals surface area contributed by atoms with Crippen molar-refractivity contribution in [3.63, 3.8) is 0 Å². The molecule has 0 bridgehead atoms. The van der Waals surface area contributed by atoms with E-state index >= 15 is 0 Å². The molecule has 3 aromatic rings. The van der Waals surface area contributed by atoms with Gasteiger partial charge in [-0.2, -0.15) is 0 Å². The normalized spacial score (nSPS) is 15.3. The predicted molar refractivity (Wildman–Crippen MR) is 109 cm³/mol. The molecule has 1 saturated heterocycles. The van der Waals surface area contributed by atoms with Gasteiger partial charge in [-0.25, -0.2) is 4.79 Å². The Bertz CT molecular complexity index is 1030. The predicted octanol–water partition coefficient (Wildman–Crippen LogP) is 3.59. The van der Waals surface area contributed by atoms with Gasteiger partial charge in [0, 0.05) is 24.7 Å². The number of fused-ring (bicyclic) bond motifs is 1. The number of para-hydroxylation sites is 2. The van der Waals surface area contributed by atoms with E-state index in [1.807, 2.05) is 71.8 Å². The number of piperidine rings is 1. The second-order valence-corrected chi connectivity index (χ2v) is 7.53. The SMILES string of the molecule is CC(C)Oc1ccc(C(=O)N2CCC(n3c(=O)[nH]c4ccccc43)CC2)cc1. The van der Waals surface area contributed by atoms with Crippen LogP contribution in [0.2, 0.25) is 0 Å². The molecule has 6 nitrogen and oxygen atoms in total. The van der Waals surface area contributed by atoms with Crippen molar-refractivity contribution in [1.82, 2.24) is 14.5 Å². The highest BCUT2D eigenvalue weighted by Crippen LogP contribution is 2.26. The van der Waals surface area contributed by atoms with E-state index in [0.29, 0.717) is 18.7 Å². The molecule has 1 aromatic heterocycles. The molecule has 6 heteroatoms. The molecule has 0 atom stereocenters. The van der Waals surface area contributed by atoms with Crippen molar-refractivity contribution in [2.24, 2.45) is 0 Å². The first-order valence-corrected chi connectivity index (χ1v) is 9.78. The van der Waals surface area contributed by atoms with Gasteiger partial charge in [0.2, 0.25) is 0 Å². The Labute approximate surface area is 163 Å². The molecule has 1 amide bonds. The highest BCUT2D eigenvalue weighted by molar-refractivity contribution is 5.94. The summed E-state index contributed by atoms with van der Waals surface area (Å²) < 4.78 is 7.48. The third kappa shape index (κ3) is 3.54. The van der Waals surface area contributed by atoms with Crippen molar-refractivity contribution < 1.29 is 9.53 Å². The Kier molecular flexibility index (Phi) is 4.94. The summed E-state index contributed by atoms with van der Waals surface area (Å²) in [5.41, 5.74) is 2.37. The maximum Gasteiger partial charge on any atom is 0.326 e. The second-order valence-electron chi connectivity index (χ2n) is 7.53. The molecule has 1 aliphatic heterocycles. The Morgan fingerprint density at radius 2 is 1.75 bits per heavy atom. The lowest BCUT2D eigenvalue weighted by atomic mass is 10.0. The Morgan fingerprint density at radius 1 is 1.07 bits per heavy atom. The molecule has 0 unspecified atom stereocenters. The van der Waals surface area contributed by atoms with E-state index < -0.39 is 0 Å². The van der Waals surface area contributed by atoms with Crippen molar-refractivity contribution >= 4 is 16.9 Å². The van der Waals surface area contributed by atoms with E-state index in [-0.39, 0.29) is 23.7 Å². The molecule has 146 valence electrons. The molecule has 0 radical (unpaired) electrons. The second kappa shape index (κ2) is 7.54. The minimum Gasteiger partial charge on any atom is -0.491 e. The first-order valence-electron chi connectivity index (χ1n) is 9.78. The first kappa shape index (κ1) is 18.3. The van der Waals surface area contributed by atoms with Crippen LogP contribution in [0.5, 0.6) is 5.75 Å². The van der Waals surface area contributed by atoms with Crippen LogP contribution in [0.25, 0.3) is 11.0 Å². The summed E-state index contributed by atoms with van der Waals surface area (Å²) in [6, 6.07) is 15.2. The largest absolute Gasteiger partial charge is 0.491 e. The summed E-state index contributed by atoms with van der Waals surface area (Å²) in [5.74, 6) is 0.796. The number of nitrogens with one attached hydrogen (secondary N) is 1. The van der Waals surface area contributed by atoms with Crippen LogP contribution in [0.3, 0.4) is 0 Å². The number of imidazole rings is 1. The lowest BCUT2D eigenvalue weighted by Crippen LogP contribution is -2.40. The molecule has 0 saturated carbocycles. The van der Waals surface area contributed by atoms with Crippen LogP contribution in [0, 0.1) is 0 Å². The van der Waals surface area contributed by atoms with Gasteiger partial charge in [-0.3, -0.25) is 9.36 Å². The number of benzene rings is 2. The van der Waals surface area contributed by atoms with Crippen LogP contribution in [-0.4, -0.2) is 39.6 Å². The lowest BCUT2D eigenvalue weighted by molar-refractivity contribution is 0.0695. The van der Waals surface area contributed by atoms with Gasteiger partial charge in [0.15, 0.2) is 0 Å². The number of aromatic amines is 1. The number of H-pyrrole nitrogens is 1. The molecule has 1 fully saturated rings. The van der Waals surface area contributed by atoms with Crippen molar-refractivity contribution in [3.8, 4) is 5.75 Å². The summed E-state index contributed by atoms with van der Waals surface area (Å²) in [4.78, 5) is 30.0. The van der Waals surface area contributed by atoms with Crippen LogP contribution in [-0.2, 0) is 0 Å². The molecule has 2 heterocycles. The molecule has 4 rings (SSSR count). The number of likely N-dealkylation sites (tertiary alicyclic amines) is 1. The summed E-state index contributed by atoms with van der Waals surface area (Å²) in [7, 11) is 0. The molecule has 1 aliphatic rings. The number of carbonyl (C=O) groups excluding carboxylic acids is 1. The maximum atomic E-state index is 12.8. The minimum absolute atomic E-state index is 0.0285. The first-order chi connectivity index (χ1) is 13.5. The van der Waals surface area contributed by atoms with Gasteiger partial charge >= 0.3 is 5.69 Å². The Hall–Kier alpha value is -3.02. The quantitative estimate of drug-likeness (QED) is 0.753. The van der Waals surface area contributed by atoms with Gasteiger partial charge in [0.25, 0.3) is 5.91 Å². The smallest absolute Gasteiger partial charge is 0.326 e. The zero-order valence-electron chi connectivity index (χ0n) is 16.2. The fraction of sp³-hybridized carbons (Fsp3) is 0.364. The summed E-state index contributed by atoms with van der Waals surface area (Å²) in [5, 5.41) is 0. The van der Waals surface area contributed by atoms with Crippen LogP contribution in [0.15, 0.2) is 53.3 Å². The number of hydrogen-bond acceptors (Lipinski definition) is 3. The van der Waals surface area contributed by atoms with Gasteiger partial charge in [-0.15, -0.1) is 0 Å². The van der Waals surface area contributed by atoms with Crippen LogP contribution >= 0.6 is 0 Å². The van der Waals surface area contributed by atoms with E-state index in [2.05, 4.69) is 4.98 Å². The monoisotopic (exact) mass is 379 g/mol. The van der Waals surface area contributed by atoms with Crippen LogP contribution in [0.1, 0.15) is 43.1 Å². The Morgan fingerprint density at radius 3 is 2.43 bits per heavy atom. The average Bonchev–Trinajstić information content (AvgIpc) is 3.03. The van der Waals surface area contributed by atoms with Gasteiger partial charge in [0.05, 0.1) is 17.1 Å². The van der Waals surface area contributed by atoms with Gasteiger partial charge in [0.1, 0.15) is 5.75 Å². The zero-order chi connectivity index (χ0) is 19.7. The molecule has 0 aliphatic carbocycles. The molecule has 2 aromatic carbocycles. The summed E-state index contributed by atoms with van der Waals surface area (Å²) in [6.45, 7) is 5.23. The lowest BCUT2D eigenvalue weighted by Gasteiger charge is -2.32. The van der Waals surface area contributed by atoms with Gasteiger partial charge in [-0.1, -0.05) is 12.1 Å². The number of carbonyl (C=O) groups is 1. The highest BCUT2D eigenvalue weighted by atomic mass is 16.5. The number of aromatic nitrogens is 2. The molecular weight excluding hydrogens is 354 g/mol. The van der Waals surface area contributed by atoms with Crippen LogP contribution in [0.4, 0.5) is 0 Å². The summed E-state index contributed by atoms with van der Waals surface area (Å²) in [6.07, 6.45) is 1.64. The van der Waals surface area contributed by atoms with E-state index in [4.69, 9.17) is 4.74 Å². The van der Waals surface area contributed by atoms with Crippen LogP contribution < -0.4 is 10.4 Å². The van der Waals surface area contributed by atoms with E-state index in [1.54, 1.807) is 0 Å². The van der Waals surface area contributed by atoms with E-state index in [9.17, 15) is 9.59 Å². The van der Waals surface area contributed by atoms with Crippen molar-refractivity contribution in [3.05, 3.63) is 64.6 Å². The van der Waals surface area contributed by atoms with Crippen molar-refractivity contribution in [1.29, 1.82) is 0 Å². The average molecular weight is 379 g/mol. The standard InChI is InChI=1S/C22H25N3O3/c1-15(2)28-18-9-7-16(8-10-18)21(26)24-13-11-17(12-14-24)25-20-6-4-3-5-19(20)23-22(25)27/h3-10,15,17H,11-14H2,1-2H3,(H,23,27). The van der Waals surface area contributed by atoms with Gasteiger partial charge < -0.3 is 14.6 Å². The number of nitrogens with zero attached hydrogens (tertiary/aromatic N) is 2. The zero-order valence-corrected chi connectivity index (χ0v) is 16.2. The molecule has 0 spiro atoms. The Balaban J connectivity index is 1.44. The topological polar surface area (TPSA) is 67.3 Å². The van der Waals surface area contributed by atoms with E-state index in [1.165, 1.54) is 0 Å². The molecule has 1 N–H and O–H groups in total. The number of rotatable bonds is 4. The fourth-order valence-corrected chi connectivity index (χ4v) is 3.89. The highest BCUT2D eigenvalue weighted by Gasteiger charge is 2.26. The fourth-order valence-electron chi connectivity index (χ4n) is 3.89. The van der Waals surface area contributed by atoms with Crippen molar-refractivity contribution in [2.45, 2.75) is 38.8 Å². The summed E-state index contributed by atoms with van der Waals surface area (Å²) >= 11 is 0.